The summed E-state index contributed by atoms with van der Waals surface area (Å²) in [5.74, 6) is -0.504. The summed E-state index contributed by atoms with van der Waals surface area (Å²) < 4.78 is 5.02. The van der Waals surface area contributed by atoms with Gasteiger partial charge in [-0.15, -0.1) is 0 Å². The second kappa shape index (κ2) is 7.94. The molecule has 0 unspecified atom stereocenters. The molecule has 0 spiro atoms. The van der Waals surface area contributed by atoms with Gasteiger partial charge in [0.2, 0.25) is 5.91 Å². The minimum atomic E-state index is -0.412. The predicted octanol–water partition coefficient (Wildman–Crippen LogP) is 2.68. The summed E-state index contributed by atoms with van der Waals surface area (Å²) in [6.07, 6.45) is 3.49. The van der Waals surface area contributed by atoms with Crippen LogP contribution in [0.3, 0.4) is 0 Å². The summed E-state index contributed by atoms with van der Waals surface area (Å²) in [4.78, 5) is 26.3. The molecule has 0 bridgehead atoms. The number of para-hydroxylation sites is 1. The maximum Gasteiger partial charge on any atom is 0.340 e. The highest BCUT2D eigenvalue weighted by atomic mass is 16.5. The van der Waals surface area contributed by atoms with E-state index >= 15 is 0 Å². The van der Waals surface area contributed by atoms with E-state index in [1.54, 1.807) is 31.2 Å². The molecule has 1 aromatic rings. The van der Waals surface area contributed by atoms with Gasteiger partial charge in [0.15, 0.2) is 0 Å². The van der Waals surface area contributed by atoms with Crippen LogP contribution in [0.2, 0.25) is 0 Å². The van der Waals surface area contributed by atoms with Gasteiger partial charge in [-0.25, -0.2) is 4.79 Å². The Morgan fingerprint density at radius 1 is 1.32 bits per heavy atom. The lowest BCUT2D eigenvalue weighted by Gasteiger charge is -2.32. The number of carbonyl (C=O) groups excluding carboxylic acids is 2. The third kappa shape index (κ3) is 4.31. The average Bonchev–Trinajstić information content (AvgIpc) is 2.50. The standard InChI is InChI=1S/C17H24N2O3/c1-3-22-17(21)14-9-4-5-10-15(14)18-16(20)12-19-11-7-6-8-13(19)2/h4-5,9-10,13H,3,6-8,11-12H2,1-2H3,(H,18,20)/t13-/m0/s1. The molecular formula is C17H24N2O3. The van der Waals surface area contributed by atoms with E-state index in [1.807, 2.05) is 0 Å². The van der Waals surface area contributed by atoms with E-state index in [-0.39, 0.29) is 5.91 Å². The summed E-state index contributed by atoms with van der Waals surface area (Å²) in [6, 6.07) is 7.37. The number of anilines is 1. The Hall–Kier alpha value is -1.88. The van der Waals surface area contributed by atoms with Crippen LogP contribution in [0.5, 0.6) is 0 Å². The summed E-state index contributed by atoms with van der Waals surface area (Å²) >= 11 is 0. The Morgan fingerprint density at radius 3 is 2.82 bits per heavy atom. The summed E-state index contributed by atoms with van der Waals surface area (Å²) in [6.45, 7) is 5.54. The van der Waals surface area contributed by atoms with Gasteiger partial charge in [-0.2, -0.15) is 0 Å². The van der Waals surface area contributed by atoms with Crippen molar-refractivity contribution in [1.82, 2.24) is 4.90 Å². The van der Waals surface area contributed by atoms with Crippen molar-refractivity contribution >= 4 is 17.6 Å². The highest BCUT2D eigenvalue weighted by Gasteiger charge is 2.21. The summed E-state index contributed by atoms with van der Waals surface area (Å²) in [5, 5.41) is 2.84. The molecule has 1 amide bonds. The third-order valence-electron chi connectivity index (χ3n) is 3.98. The van der Waals surface area contributed by atoms with Crippen molar-refractivity contribution in [3.05, 3.63) is 29.8 Å². The number of benzene rings is 1. The van der Waals surface area contributed by atoms with Gasteiger partial charge in [-0.1, -0.05) is 18.6 Å². The SMILES string of the molecule is CCOC(=O)c1ccccc1NC(=O)CN1CCCC[C@@H]1C. The number of nitrogens with zero attached hydrogens (tertiary/aromatic N) is 1. The molecule has 1 fully saturated rings. The minimum absolute atomic E-state index is 0.0921. The largest absolute Gasteiger partial charge is 0.462 e. The summed E-state index contributed by atoms with van der Waals surface area (Å²) in [7, 11) is 0. The molecule has 0 radical (unpaired) electrons. The molecule has 1 aromatic carbocycles. The second-order valence-electron chi connectivity index (χ2n) is 5.63. The van der Waals surface area contributed by atoms with Crippen LogP contribution in [0.1, 0.15) is 43.5 Å². The first-order chi connectivity index (χ1) is 10.6. The van der Waals surface area contributed by atoms with Crippen molar-refractivity contribution in [2.24, 2.45) is 0 Å². The third-order valence-corrected chi connectivity index (χ3v) is 3.98. The quantitative estimate of drug-likeness (QED) is 0.850. The molecule has 1 atom stereocenters. The lowest BCUT2D eigenvalue weighted by molar-refractivity contribution is -0.118. The first kappa shape index (κ1) is 16.5. The van der Waals surface area contributed by atoms with Gasteiger partial charge in [-0.3, -0.25) is 9.69 Å². The molecule has 1 heterocycles. The maximum atomic E-state index is 12.3. The number of esters is 1. The van der Waals surface area contributed by atoms with Crippen LogP contribution in [0, 0.1) is 0 Å². The Morgan fingerprint density at radius 2 is 2.09 bits per heavy atom. The first-order valence-corrected chi connectivity index (χ1v) is 7.92. The smallest absolute Gasteiger partial charge is 0.340 e. The zero-order valence-corrected chi connectivity index (χ0v) is 13.3. The molecule has 1 aliphatic heterocycles. The van der Waals surface area contributed by atoms with E-state index in [1.165, 1.54) is 6.42 Å². The minimum Gasteiger partial charge on any atom is -0.462 e. The zero-order valence-electron chi connectivity index (χ0n) is 13.3. The Kier molecular flexibility index (Phi) is 5.95. The number of piperidine rings is 1. The van der Waals surface area contributed by atoms with Crippen LogP contribution in [0.15, 0.2) is 24.3 Å². The number of hydrogen-bond acceptors (Lipinski definition) is 4. The molecule has 5 nitrogen and oxygen atoms in total. The number of amides is 1. The molecule has 5 heteroatoms. The fourth-order valence-corrected chi connectivity index (χ4v) is 2.75. The molecule has 1 saturated heterocycles. The lowest BCUT2D eigenvalue weighted by atomic mass is 10.0. The molecule has 22 heavy (non-hydrogen) atoms. The van der Waals surface area contributed by atoms with Crippen molar-refractivity contribution in [3.63, 3.8) is 0 Å². The number of nitrogens with one attached hydrogen (secondary N) is 1. The molecule has 0 saturated carbocycles. The predicted molar refractivity (Wildman–Crippen MR) is 85.9 cm³/mol. The van der Waals surface area contributed by atoms with E-state index in [4.69, 9.17) is 4.74 Å². The van der Waals surface area contributed by atoms with Gasteiger partial charge in [0.1, 0.15) is 0 Å². The molecule has 120 valence electrons. The van der Waals surface area contributed by atoms with Crippen LogP contribution in [0.25, 0.3) is 0 Å². The van der Waals surface area contributed by atoms with E-state index in [0.717, 1.165) is 19.4 Å². The molecule has 0 aromatic heterocycles. The normalized spacial score (nSPS) is 18.7. The molecule has 1 N–H and O–H groups in total. The fourth-order valence-electron chi connectivity index (χ4n) is 2.75. The number of likely N-dealkylation sites (tertiary alicyclic amines) is 1. The van der Waals surface area contributed by atoms with Crippen molar-refractivity contribution in [3.8, 4) is 0 Å². The van der Waals surface area contributed by atoms with Crippen molar-refractivity contribution < 1.29 is 14.3 Å². The molecular weight excluding hydrogens is 280 g/mol. The number of rotatable bonds is 5. The van der Waals surface area contributed by atoms with Gasteiger partial charge >= 0.3 is 5.97 Å². The van der Waals surface area contributed by atoms with E-state index in [9.17, 15) is 9.59 Å². The second-order valence-corrected chi connectivity index (χ2v) is 5.63. The number of carbonyl (C=O) groups is 2. The van der Waals surface area contributed by atoms with Crippen LogP contribution in [0.4, 0.5) is 5.69 Å². The van der Waals surface area contributed by atoms with Crippen LogP contribution in [-0.2, 0) is 9.53 Å². The maximum absolute atomic E-state index is 12.3. The fraction of sp³-hybridized carbons (Fsp3) is 0.529. The van der Waals surface area contributed by atoms with Gasteiger partial charge in [0, 0.05) is 6.04 Å². The van der Waals surface area contributed by atoms with Crippen molar-refractivity contribution in [1.29, 1.82) is 0 Å². The van der Waals surface area contributed by atoms with Crippen molar-refractivity contribution in [2.75, 3.05) is 25.0 Å². The summed E-state index contributed by atoms with van der Waals surface area (Å²) in [5.41, 5.74) is 0.903. The molecule has 1 aliphatic rings. The van der Waals surface area contributed by atoms with Gasteiger partial charge in [-0.05, 0) is 45.4 Å². The van der Waals surface area contributed by atoms with E-state index in [2.05, 4.69) is 17.1 Å². The van der Waals surface area contributed by atoms with Gasteiger partial charge in [0.05, 0.1) is 24.4 Å². The molecule has 0 aliphatic carbocycles. The van der Waals surface area contributed by atoms with Crippen LogP contribution < -0.4 is 5.32 Å². The lowest BCUT2D eigenvalue weighted by Crippen LogP contribution is -2.42. The Balaban J connectivity index is 2.00. The Bertz CT molecular complexity index is 530. The van der Waals surface area contributed by atoms with Crippen LogP contribution >= 0.6 is 0 Å². The number of ether oxygens (including phenoxy) is 1. The monoisotopic (exact) mass is 304 g/mol. The van der Waals surface area contributed by atoms with Gasteiger partial charge in [0.25, 0.3) is 0 Å². The highest BCUT2D eigenvalue weighted by Crippen LogP contribution is 2.18. The van der Waals surface area contributed by atoms with Gasteiger partial charge < -0.3 is 10.1 Å². The topological polar surface area (TPSA) is 58.6 Å². The molecule has 2 rings (SSSR count). The average molecular weight is 304 g/mol. The number of hydrogen-bond donors (Lipinski definition) is 1. The zero-order chi connectivity index (χ0) is 15.9. The van der Waals surface area contributed by atoms with Crippen LogP contribution in [-0.4, -0.2) is 42.5 Å². The van der Waals surface area contributed by atoms with E-state index < -0.39 is 5.97 Å². The Labute approximate surface area is 131 Å². The van der Waals surface area contributed by atoms with Crippen molar-refractivity contribution in [2.45, 2.75) is 39.2 Å². The first-order valence-electron chi connectivity index (χ1n) is 7.92. The highest BCUT2D eigenvalue weighted by molar-refractivity contribution is 6.01. The van der Waals surface area contributed by atoms with E-state index in [0.29, 0.717) is 30.4 Å².